The third-order valence-electron chi connectivity index (χ3n) is 5.56. The van der Waals surface area contributed by atoms with Gasteiger partial charge in [0.25, 0.3) is 0 Å². The number of nitrogens with one attached hydrogen (secondary N) is 1. The van der Waals surface area contributed by atoms with Crippen LogP contribution in [-0.2, 0) is 26.2 Å². The van der Waals surface area contributed by atoms with Crippen LogP contribution in [0.15, 0.2) is 42.5 Å². The second kappa shape index (κ2) is 10.8. The van der Waals surface area contributed by atoms with E-state index in [9.17, 15) is 18.0 Å². The summed E-state index contributed by atoms with van der Waals surface area (Å²) in [6.45, 7) is 4.23. The van der Waals surface area contributed by atoms with Crippen LogP contribution in [0.2, 0.25) is 0 Å². The summed E-state index contributed by atoms with van der Waals surface area (Å²) in [4.78, 5) is 27.6. The van der Waals surface area contributed by atoms with Gasteiger partial charge in [-0.05, 0) is 31.0 Å². The number of fused-ring (bicyclic) bond motifs is 1. The highest BCUT2D eigenvalue weighted by atomic mass is 32.2. The van der Waals surface area contributed by atoms with E-state index in [1.807, 2.05) is 38.1 Å². The average Bonchev–Trinajstić information content (AvgIpc) is 2.81. The summed E-state index contributed by atoms with van der Waals surface area (Å²) >= 11 is 0. The summed E-state index contributed by atoms with van der Waals surface area (Å²) in [7, 11) is -2.31. The molecule has 0 bridgehead atoms. The van der Waals surface area contributed by atoms with Crippen LogP contribution in [0.1, 0.15) is 24.5 Å². The van der Waals surface area contributed by atoms with E-state index in [0.717, 1.165) is 21.7 Å². The van der Waals surface area contributed by atoms with Crippen LogP contribution in [0.4, 0.5) is 5.69 Å². The van der Waals surface area contributed by atoms with Gasteiger partial charge in [0.05, 0.1) is 11.9 Å². The van der Waals surface area contributed by atoms with Crippen LogP contribution < -0.4 is 19.1 Å². The summed E-state index contributed by atoms with van der Waals surface area (Å²) in [5, 5.41) is 2.60. The average molecular weight is 490 g/mol. The quantitative estimate of drug-likeness (QED) is 0.578. The van der Waals surface area contributed by atoms with Crippen molar-refractivity contribution in [1.82, 2.24) is 10.2 Å². The van der Waals surface area contributed by atoms with Gasteiger partial charge in [-0.2, -0.15) is 0 Å². The molecule has 1 N–H and O–H groups in total. The summed E-state index contributed by atoms with van der Waals surface area (Å²) in [6.07, 6.45) is 1.41. The molecule has 2 aromatic rings. The molecule has 10 heteroatoms. The first kappa shape index (κ1) is 25.4. The number of carbonyl (C=O) groups excluding carboxylic acids is 2. The van der Waals surface area contributed by atoms with Crippen molar-refractivity contribution in [2.75, 3.05) is 37.4 Å². The first-order valence-corrected chi connectivity index (χ1v) is 12.9. The highest BCUT2D eigenvalue weighted by Crippen LogP contribution is 2.34. The normalized spacial score (nSPS) is 13.6. The number of hydrogen-bond donors (Lipinski definition) is 1. The van der Waals surface area contributed by atoms with Gasteiger partial charge >= 0.3 is 0 Å². The molecule has 0 radical (unpaired) electrons. The molecule has 0 spiro atoms. The first-order chi connectivity index (χ1) is 16.1. The van der Waals surface area contributed by atoms with Gasteiger partial charge in [-0.3, -0.25) is 13.9 Å². The van der Waals surface area contributed by atoms with Crippen molar-refractivity contribution in [2.45, 2.75) is 32.9 Å². The molecule has 1 aliphatic heterocycles. The standard InChI is InChI=1S/C24H31N3O6S/c1-5-20(24(29)25-3)26(15-18-8-6-7-17(2)13-18)23(28)16-27(34(4,30)31)19-9-10-21-22(14-19)33-12-11-32-21/h6-10,13-14,20H,5,11-12,15-16H2,1-4H3,(H,25,29)/t20-/m0/s1. The Bertz CT molecular complexity index is 1150. The molecular formula is C24H31N3O6S. The van der Waals surface area contributed by atoms with Crippen LogP contribution in [-0.4, -0.2) is 64.2 Å². The number of ether oxygens (including phenoxy) is 2. The monoisotopic (exact) mass is 489 g/mol. The molecule has 184 valence electrons. The predicted octanol–water partition coefficient (Wildman–Crippen LogP) is 2.09. The largest absolute Gasteiger partial charge is 0.486 e. The van der Waals surface area contributed by atoms with Crippen molar-refractivity contribution in [1.29, 1.82) is 0 Å². The summed E-state index contributed by atoms with van der Waals surface area (Å²) in [6, 6.07) is 11.6. The number of anilines is 1. The van der Waals surface area contributed by atoms with E-state index in [4.69, 9.17) is 9.47 Å². The Morgan fingerprint density at radius 2 is 1.79 bits per heavy atom. The third-order valence-corrected chi connectivity index (χ3v) is 6.70. The minimum atomic E-state index is -3.82. The third kappa shape index (κ3) is 5.99. The molecule has 0 saturated heterocycles. The van der Waals surface area contributed by atoms with Gasteiger partial charge in [0.2, 0.25) is 21.8 Å². The van der Waals surface area contributed by atoms with E-state index in [1.165, 1.54) is 11.9 Å². The molecule has 1 heterocycles. The van der Waals surface area contributed by atoms with Crippen molar-refractivity contribution in [2.24, 2.45) is 0 Å². The molecule has 1 atom stereocenters. The van der Waals surface area contributed by atoms with Crippen molar-refractivity contribution < 1.29 is 27.5 Å². The maximum Gasteiger partial charge on any atom is 0.244 e. The van der Waals surface area contributed by atoms with Gasteiger partial charge in [0, 0.05) is 19.7 Å². The van der Waals surface area contributed by atoms with Crippen LogP contribution in [0.25, 0.3) is 0 Å². The Labute approximate surface area is 200 Å². The molecule has 0 unspecified atom stereocenters. The second-order valence-corrected chi connectivity index (χ2v) is 10.1. The summed E-state index contributed by atoms with van der Waals surface area (Å²) in [5.41, 5.74) is 2.15. The lowest BCUT2D eigenvalue weighted by molar-refractivity contribution is -0.140. The lowest BCUT2D eigenvalue weighted by Crippen LogP contribution is -2.51. The second-order valence-electron chi connectivity index (χ2n) is 8.15. The Kier molecular flexibility index (Phi) is 8.03. The number of aryl methyl sites for hydroxylation is 1. The van der Waals surface area contributed by atoms with Gasteiger partial charge in [0.1, 0.15) is 25.8 Å². The molecule has 9 nitrogen and oxygen atoms in total. The highest BCUT2D eigenvalue weighted by Gasteiger charge is 2.31. The maximum absolute atomic E-state index is 13.6. The fourth-order valence-electron chi connectivity index (χ4n) is 3.89. The van der Waals surface area contributed by atoms with E-state index in [0.29, 0.717) is 31.1 Å². The van der Waals surface area contributed by atoms with Gasteiger partial charge < -0.3 is 19.7 Å². The minimum Gasteiger partial charge on any atom is -0.486 e. The Hall–Kier alpha value is -3.27. The number of carbonyl (C=O) groups is 2. The predicted molar refractivity (Wildman–Crippen MR) is 129 cm³/mol. The smallest absolute Gasteiger partial charge is 0.244 e. The number of rotatable bonds is 9. The lowest BCUT2D eigenvalue weighted by atomic mass is 10.1. The Morgan fingerprint density at radius 3 is 2.41 bits per heavy atom. The van der Waals surface area contributed by atoms with Crippen molar-refractivity contribution >= 4 is 27.5 Å². The van der Waals surface area contributed by atoms with Gasteiger partial charge in [-0.25, -0.2) is 8.42 Å². The highest BCUT2D eigenvalue weighted by molar-refractivity contribution is 7.92. The van der Waals surface area contributed by atoms with Gasteiger partial charge in [-0.15, -0.1) is 0 Å². The zero-order valence-corrected chi connectivity index (χ0v) is 20.7. The van der Waals surface area contributed by atoms with E-state index in [-0.39, 0.29) is 18.1 Å². The van der Waals surface area contributed by atoms with Crippen LogP contribution in [0.5, 0.6) is 11.5 Å². The Balaban J connectivity index is 1.95. The van der Waals surface area contributed by atoms with E-state index < -0.39 is 28.5 Å². The summed E-state index contributed by atoms with van der Waals surface area (Å²) < 4.78 is 37.5. The van der Waals surface area contributed by atoms with E-state index >= 15 is 0 Å². The molecule has 1 aliphatic rings. The fourth-order valence-corrected chi connectivity index (χ4v) is 4.74. The van der Waals surface area contributed by atoms with Gasteiger partial charge in [-0.1, -0.05) is 36.8 Å². The summed E-state index contributed by atoms with van der Waals surface area (Å²) in [5.74, 6) is 0.130. The number of sulfonamides is 1. The maximum atomic E-state index is 13.6. The molecule has 0 fully saturated rings. The van der Waals surface area contributed by atoms with Gasteiger partial charge in [0.15, 0.2) is 11.5 Å². The number of nitrogens with zero attached hydrogens (tertiary/aromatic N) is 2. The molecule has 3 rings (SSSR count). The molecule has 0 saturated carbocycles. The number of amides is 2. The van der Waals surface area contributed by atoms with Crippen molar-refractivity contribution in [3.05, 3.63) is 53.6 Å². The zero-order chi connectivity index (χ0) is 24.9. The Morgan fingerprint density at radius 1 is 1.09 bits per heavy atom. The fraction of sp³-hybridized carbons (Fsp3) is 0.417. The van der Waals surface area contributed by atoms with Crippen molar-refractivity contribution in [3.63, 3.8) is 0 Å². The first-order valence-electron chi connectivity index (χ1n) is 11.1. The zero-order valence-electron chi connectivity index (χ0n) is 19.9. The number of hydrogen-bond acceptors (Lipinski definition) is 6. The van der Waals surface area contributed by atoms with Crippen LogP contribution in [0, 0.1) is 6.92 Å². The van der Waals surface area contributed by atoms with E-state index in [1.54, 1.807) is 18.2 Å². The number of benzene rings is 2. The molecule has 0 aromatic heterocycles. The van der Waals surface area contributed by atoms with Crippen LogP contribution >= 0.6 is 0 Å². The van der Waals surface area contributed by atoms with Crippen LogP contribution in [0.3, 0.4) is 0 Å². The van der Waals surface area contributed by atoms with Crippen molar-refractivity contribution in [3.8, 4) is 11.5 Å². The molecular weight excluding hydrogens is 458 g/mol. The minimum absolute atomic E-state index is 0.172. The lowest BCUT2D eigenvalue weighted by Gasteiger charge is -2.32. The molecule has 34 heavy (non-hydrogen) atoms. The molecule has 0 aliphatic carbocycles. The SMILES string of the molecule is CC[C@@H](C(=O)NC)N(Cc1cccc(C)c1)C(=O)CN(c1ccc2c(c1)OCCO2)S(C)(=O)=O. The number of likely N-dealkylation sites (N-methyl/N-ethyl adjacent to an activating group) is 1. The topological polar surface area (TPSA) is 105 Å². The molecule has 2 aromatic carbocycles. The van der Waals surface area contributed by atoms with E-state index in [2.05, 4.69) is 5.32 Å². The molecule has 2 amide bonds.